The molecule has 0 unspecified atom stereocenters. The van der Waals surface area contributed by atoms with Crippen molar-refractivity contribution in [3.63, 3.8) is 0 Å². The van der Waals surface area contributed by atoms with Gasteiger partial charge in [0.1, 0.15) is 11.5 Å². The average Bonchev–Trinajstić information content (AvgIpc) is 2.97. The minimum atomic E-state index is -0.529. The van der Waals surface area contributed by atoms with Crippen LogP contribution in [0.2, 0.25) is 10.0 Å². The normalized spacial score (nSPS) is 13.9. The number of hydrogen-bond donors (Lipinski definition) is 1. The van der Waals surface area contributed by atoms with Crippen molar-refractivity contribution in [1.82, 2.24) is 0 Å². The van der Waals surface area contributed by atoms with Crippen LogP contribution >= 0.6 is 23.2 Å². The minimum absolute atomic E-state index is 0.0960. The Morgan fingerprint density at radius 1 is 0.839 bits per heavy atom. The summed E-state index contributed by atoms with van der Waals surface area (Å²) in [7, 11) is 0. The van der Waals surface area contributed by atoms with Crippen LogP contribution in [0.15, 0.2) is 66.4 Å². The minimum Gasteiger partial charge on any atom is -0.350 e. The number of nitrogens with one attached hydrogen (secondary N) is 1. The second-order valence-electron chi connectivity index (χ2n) is 7.22. The van der Waals surface area contributed by atoms with Crippen molar-refractivity contribution in [2.24, 2.45) is 0 Å². The van der Waals surface area contributed by atoms with Crippen molar-refractivity contribution < 1.29 is 14.0 Å². The molecule has 4 nitrogen and oxygen atoms in total. The molecule has 1 N–H and O–H groups in total. The summed E-state index contributed by atoms with van der Waals surface area (Å²) in [6, 6.07) is 15.6. The van der Waals surface area contributed by atoms with Crippen LogP contribution in [0.25, 0.3) is 5.57 Å². The Kier molecular flexibility index (Phi) is 5.56. The smallest absolute Gasteiger partial charge is 0.282 e. The van der Waals surface area contributed by atoms with Crippen molar-refractivity contribution in [2.75, 3.05) is 10.2 Å². The van der Waals surface area contributed by atoms with E-state index in [1.54, 1.807) is 36.4 Å². The van der Waals surface area contributed by atoms with Crippen LogP contribution in [0, 0.1) is 19.7 Å². The summed E-state index contributed by atoms with van der Waals surface area (Å²) in [5.41, 5.74) is 3.28. The Morgan fingerprint density at radius 2 is 1.55 bits per heavy atom. The van der Waals surface area contributed by atoms with Crippen LogP contribution in [-0.4, -0.2) is 11.8 Å². The van der Waals surface area contributed by atoms with Crippen LogP contribution in [0.3, 0.4) is 0 Å². The topological polar surface area (TPSA) is 49.4 Å². The van der Waals surface area contributed by atoms with Crippen LogP contribution in [0.4, 0.5) is 15.8 Å². The maximum absolute atomic E-state index is 13.5. The summed E-state index contributed by atoms with van der Waals surface area (Å²) >= 11 is 12.3. The van der Waals surface area contributed by atoms with E-state index in [0.29, 0.717) is 27.0 Å². The number of aryl methyl sites for hydroxylation is 2. The highest BCUT2D eigenvalue weighted by Gasteiger charge is 2.40. The van der Waals surface area contributed by atoms with Gasteiger partial charge in [-0.25, -0.2) is 9.29 Å². The molecule has 4 rings (SSSR count). The molecule has 0 atom stereocenters. The molecule has 0 spiro atoms. The van der Waals surface area contributed by atoms with Crippen LogP contribution in [-0.2, 0) is 9.59 Å². The molecule has 3 aromatic carbocycles. The first-order valence-corrected chi connectivity index (χ1v) is 10.2. The zero-order chi connectivity index (χ0) is 22.3. The molecule has 31 heavy (non-hydrogen) atoms. The SMILES string of the molecule is Cc1ccc(N2C(=O)C(Nc3ccc(Cl)cc3C)=C(c3ccc(F)cc3)C2=O)cc1Cl. The van der Waals surface area contributed by atoms with Crippen molar-refractivity contribution >= 4 is 52.0 Å². The number of carbonyl (C=O) groups excluding carboxylic acids is 2. The average molecular weight is 455 g/mol. The highest BCUT2D eigenvalue weighted by atomic mass is 35.5. The van der Waals surface area contributed by atoms with Gasteiger partial charge in [-0.1, -0.05) is 41.4 Å². The first-order valence-electron chi connectivity index (χ1n) is 9.44. The van der Waals surface area contributed by atoms with Crippen molar-refractivity contribution in [1.29, 1.82) is 0 Å². The van der Waals surface area contributed by atoms with Gasteiger partial charge in [0.05, 0.1) is 11.3 Å². The number of rotatable bonds is 4. The van der Waals surface area contributed by atoms with E-state index in [1.165, 1.54) is 24.3 Å². The molecule has 7 heteroatoms. The molecule has 156 valence electrons. The fourth-order valence-corrected chi connectivity index (χ4v) is 3.79. The van der Waals surface area contributed by atoms with Crippen molar-refractivity contribution in [3.05, 3.63) is 98.9 Å². The number of carbonyl (C=O) groups is 2. The largest absolute Gasteiger partial charge is 0.350 e. The number of benzene rings is 3. The monoisotopic (exact) mass is 454 g/mol. The first kappa shape index (κ1) is 21.1. The highest BCUT2D eigenvalue weighted by molar-refractivity contribution is 6.46. The van der Waals surface area contributed by atoms with Crippen molar-refractivity contribution in [2.45, 2.75) is 13.8 Å². The molecular weight excluding hydrogens is 438 g/mol. The fourth-order valence-electron chi connectivity index (χ4n) is 3.39. The van der Waals surface area contributed by atoms with Gasteiger partial charge >= 0.3 is 0 Å². The van der Waals surface area contributed by atoms with Gasteiger partial charge in [0, 0.05) is 15.7 Å². The van der Waals surface area contributed by atoms with E-state index in [-0.39, 0.29) is 11.3 Å². The zero-order valence-electron chi connectivity index (χ0n) is 16.7. The third-order valence-electron chi connectivity index (χ3n) is 5.08. The summed E-state index contributed by atoms with van der Waals surface area (Å²) < 4.78 is 13.5. The summed E-state index contributed by atoms with van der Waals surface area (Å²) in [5, 5.41) is 4.08. The van der Waals surface area contributed by atoms with E-state index in [0.717, 1.165) is 16.0 Å². The molecule has 0 bridgehead atoms. The van der Waals surface area contributed by atoms with E-state index in [2.05, 4.69) is 5.32 Å². The molecular formula is C24H17Cl2FN2O2. The van der Waals surface area contributed by atoms with Crippen LogP contribution in [0.1, 0.15) is 16.7 Å². The van der Waals surface area contributed by atoms with E-state index in [4.69, 9.17) is 23.2 Å². The molecule has 1 aliphatic heterocycles. The zero-order valence-corrected chi connectivity index (χ0v) is 18.2. The Bertz CT molecular complexity index is 1250. The molecule has 0 saturated carbocycles. The van der Waals surface area contributed by atoms with Gasteiger partial charge in [0.25, 0.3) is 11.8 Å². The quantitative estimate of drug-likeness (QED) is 0.481. The second-order valence-corrected chi connectivity index (χ2v) is 8.06. The van der Waals surface area contributed by atoms with Gasteiger partial charge < -0.3 is 5.32 Å². The molecule has 0 aliphatic carbocycles. The summed E-state index contributed by atoms with van der Waals surface area (Å²) in [6.07, 6.45) is 0. The van der Waals surface area contributed by atoms with Crippen molar-refractivity contribution in [3.8, 4) is 0 Å². The Hall–Kier alpha value is -3.15. The van der Waals surface area contributed by atoms with Gasteiger partial charge in [-0.15, -0.1) is 0 Å². The molecule has 0 aromatic heterocycles. The van der Waals surface area contributed by atoms with Gasteiger partial charge in [0.2, 0.25) is 0 Å². The van der Waals surface area contributed by atoms with Gasteiger partial charge in [0.15, 0.2) is 0 Å². The third kappa shape index (κ3) is 3.94. The molecule has 1 aliphatic rings. The lowest BCUT2D eigenvalue weighted by Crippen LogP contribution is -2.32. The molecule has 0 saturated heterocycles. The summed E-state index contributed by atoms with van der Waals surface area (Å²) in [5.74, 6) is -1.49. The Labute approximate surface area is 188 Å². The van der Waals surface area contributed by atoms with E-state index in [1.807, 2.05) is 13.8 Å². The van der Waals surface area contributed by atoms with E-state index >= 15 is 0 Å². The fraction of sp³-hybridized carbons (Fsp3) is 0.0833. The lowest BCUT2D eigenvalue weighted by molar-refractivity contribution is -0.120. The lowest BCUT2D eigenvalue weighted by atomic mass is 10.0. The predicted molar refractivity (Wildman–Crippen MR) is 122 cm³/mol. The lowest BCUT2D eigenvalue weighted by Gasteiger charge is -2.16. The highest BCUT2D eigenvalue weighted by Crippen LogP contribution is 2.35. The molecule has 2 amide bonds. The summed E-state index contributed by atoms with van der Waals surface area (Å²) in [4.78, 5) is 27.8. The number of imide groups is 1. The van der Waals surface area contributed by atoms with Gasteiger partial charge in [-0.3, -0.25) is 9.59 Å². The Morgan fingerprint density at radius 3 is 2.19 bits per heavy atom. The standard InChI is InChI=1S/C24H17Cl2FN2O2/c1-13-3-9-18(12-19(13)26)29-23(30)21(15-4-7-17(27)8-5-15)22(24(29)31)28-20-10-6-16(25)11-14(20)2/h3-12,28H,1-2H3. The number of amides is 2. The molecule has 0 fully saturated rings. The maximum Gasteiger partial charge on any atom is 0.282 e. The maximum atomic E-state index is 13.5. The Balaban J connectivity index is 1.84. The molecule has 0 radical (unpaired) electrons. The van der Waals surface area contributed by atoms with Crippen LogP contribution < -0.4 is 10.2 Å². The second kappa shape index (κ2) is 8.17. The van der Waals surface area contributed by atoms with E-state index in [9.17, 15) is 14.0 Å². The molecule has 1 heterocycles. The number of hydrogen-bond acceptors (Lipinski definition) is 3. The summed E-state index contributed by atoms with van der Waals surface area (Å²) in [6.45, 7) is 3.67. The number of halogens is 3. The van der Waals surface area contributed by atoms with Gasteiger partial charge in [-0.05, 0) is 73.0 Å². The van der Waals surface area contributed by atoms with E-state index < -0.39 is 17.6 Å². The predicted octanol–water partition coefficient (Wildman–Crippen LogP) is 6.15. The van der Waals surface area contributed by atoms with Gasteiger partial charge in [-0.2, -0.15) is 0 Å². The number of nitrogens with zero attached hydrogens (tertiary/aromatic N) is 1. The molecule has 3 aromatic rings. The van der Waals surface area contributed by atoms with Crippen LogP contribution in [0.5, 0.6) is 0 Å². The third-order valence-corrected chi connectivity index (χ3v) is 5.72. The number of anilines is 2. The first-order chi connectivity index (χ1) is 14.8.